The first-order chi connectivity index (χ1) is 7.61. The Morgan fingerprint density at radius 2 is 2.25 bits per heavy atom. The predicted molar refractivity (Wildman–Crippen MR) is 58.1 cm³/mol. The molecule has 5 nitrogen and oxygen atoms in total. The average molecular weight is 217 g/mol. The number of carbonyl (C=O) groups is 1. The molecule has 0 unspecified atom stereocenters. The molecule has 0 spiro atoms. The van der Waals surface area contributed by atoms with Gasteiger partial charge in [-0.15, -0.1) is 0 Å². The molecule has 16 heavy (non-hydrogen) atoms. The van der Waals surface area contributed by atoms with Gasteiger partial charge >= 0.3 is 5.97 Å². The van der Waals surface area contributed by atoms with Crippen molar-refractivity contribution in [3.05, 3.63) is 35.9 Å². The molecule has 1 N–H and O–H groups in total. The maximum atomic E-state index is 11.0. The van der Waals surface area contributed by atoms with E-state index in [1.165, 1.54) is 0 Å². The third kappa shape index (κ3) is 1.56. The van der Waals surface area contributed by atoms with Gasteiger partial charge in [0.1, 0.15) is 11.5 Å². The van der Waals surface area contributed by atoms with Gasteiger partial charge in [-0.2, -0.15) is 0 Å². The van der Waals surface area contributed by atoms with Gasteiger partial charge < -0.3 is 9.67 Å². The summed E-state index contributed by atoms with van der Waals surface area (Å²) in [7, 11) is 1.69. The number of aryl methyl sites for hydroxylation is 1. The second-order valence-corrected chi connectivity index (χ2v) is 3.48. The van der Waals surface area contributed by atoms with Crippen LogP contribution in [0.4, 0.5) is 0 Å². The lowest BCUT2D eigenvalue weighted by Gasteiger charge is -2.02. The topological polar surface area (TPSA) is 68.0 Å². The lowest BCUT2D eigenvalue weighted by molar-refractivity contribution is 0.0686. The number of aromatic nitrogens is 3. The second kappa shape index (κ2) is 3.77. The number of aromatic carboxylic acids is 1. The highest BCUT2D eigenvalue weighted by molar-refractivity contribution is 5.88. The summed E-state index contributed by atoms with van der Waals surface area (Å²) in [4.78, 5) is 19.2. The number of nitrogens with zero attached hydrogens (tertiary/aromatic N) is 3. The van der Waals surface area contributed by atoms with Crippen molar-refractivity contribution in [3.63, 3.8) is 0 Å². The third-order valence-electron chi connectivity index (χ3n) is 2.39. The normalized spacial score (nSPS) is 10.4. The van der Waals surface area contributed by atoms with Crippen LogP contribution >= 0.6 is 0 Å². The Morgan fingerprint density at radius 3 is 2.75 bits per heavy atom. The molecule has 2 rings (SSSR count). The quantitative estimate of drug-likeness (QED) is 0.827. The maximum Gasteiger partial charge on any atom is 0.354 e. The van der Waals surface area contributed by atoms with Gasteiger partial charge in [0, 0.05) is 25.0 Å². The fourth-order valence-corrected chi connectivity index (χ4v) is 1.69. The third-order valence-corrected chi connectivity index (χ3v) is 2.39. The molecule has 0 saturated heterocycles. The van der Waals surface area contributed by atoms with Crippen molar-refractivity contribution in [3.8, 4) is 11.4 Å². The molecule has 0 bridgehead atoms. The van der Waals surface area contributed by atoms with E-state index in [1.54, 1.807) is 37.0 Å². The lowest BCUT2D eigenvalue weighted by Crippen LogP contribution is -2.06. The van der Waals surface area contributed by atoms with Crippen LogP contribution in [0.2, 0.25) is 0 Å². The monoisotopic (exact) mass is 217 g/mol. The zero-order valence-electron chi connectivity index (χ0n) is 9.01. The Kier molecular flexibility index (Phi) is 2.44. The van der Waals surface area contributed by atoms with Crippen LogP contribution < -0.4 is 0 Å². The molecular formula is C11H11N3O2. The minimum Gasteiger partial charge on any atom is -0.477 e. The second-order valence-electron chi connectivity index (χ2n) is 3.48. The highest BCUT2D eigenvalue weighted by Crippen LogP contribution is 2.19. The van der Waals surface area contributed by atoms with Crippen LogP contribution in [0.5, 0.6) is 0 Å². The molecule has 2 heterocycles. The summed E-state index contributed by atoms with van der Waals surface area (Å²) in [6, 6.07) is 3.64. The van der Waals surface area contributed by atoms with Crippen LogP contribution in [0.1, 0.15) is 16.2 Å². The van der Waals surface area contributed by atoms with Crippen molar-refractivity contribution < 1.29 is 9.90 Å². The average Bonchev–Trinajstić information content (AvgIpc) is 2.55. The van der Waals surface area contributed by atoms with Gasteiger partial charge in [0.2, 0.25) is 0 Å². The van der Waals surface area contributed by atoms with E-state index < -0.39 is 5.97 Å². The number of imidazole rings is 1. The molecule has 0 aliphatic heterocycles. The van der Waals surface area contributed by atoms with Crippen LogP contribution in [-0.2, 0) is 7.05 Å². The van der Waals surface area contributed by atoms with Crippen LogP contribution in [0.3, 0.4) is 0 Å². The number of rotatable bonds is 2. The Hall–Kier alpha value is -2.17. The zero-order valence-corrected chi connectivity index (χ0v) is 9.01. The van der Waals surface area contributed by atoms with Gasteiger partial charge in [-0.3, -0.25) is 4.98 Å². The SMILES string of the molecule is Cc1nc(-c2cccnc2)n(C)c1C(=O)O. The van der Waals surface area contributed by atoms with E-state index in [2.05, 4.69) is 9.97 Å². The molecule has 0 aliphatic rings. The maximum absolute atomic E-state index is 11.0. The van der Waals surface area contributed by atoms with Crippen molar-refractivity contribution in [2.75, 3.05) is 0 Å². The zero-order chi connectivity index (χ0) is 11.7. The summed E-state index contributed by atoms with van der Waals surface area (Å²) in [5, 5.41) is 9.03. The molecule has 0 fully saturated rings. The molecule has 0 atom stereocenters. The highest BCUT2D eigenvalue weighted by atomic mass is 16.4. The van der Waals surface area contributed by atoms with E-state index in [4.69, 9.17) is 5.11 Å². The molecule has 2 aromatic heterocycles. The molecule has 0 radical (unpaired) electrons. The summed E-state index contributed by atoms with van der Waals surface area (Å²) in [6.07, 6.45) is 3.32. The van der Waals surface area contributed by atoms with Crippen molar-refractivity contribution in [1.82, 2.24) is 14.5 Å². The minimum absolute atomic E-state index is 0.207. The van der Waals surface area contributed by atoms with E-state index in [9.17, 15) is 4.79 Å². The Bertz CT molecular complexity index is 532. The Labute approximate surface area is 92.4 Å². The smallest absolute Gasteiger partial charge is 0.354 e. The van der Waals surface area contributed by atoms with E-state index in [0.717, 1.165) is 5.56 Å². The van der Waals surface area contributed by atoms with Gasteiger partial charge in [0.25, 0.3) is 0 Å². The summed E-state index contributed by atoms with van der Waals surface area (Å²) in [6.45, 7) is 1.68. The lowest BCUT2D eigenvalue weighted by atomic mass is 10.3. The van der Waals surface area contributed by atoms with E-state index in [0.29, 0.717) is 11.5 Å². The Morgan fingerprint density at radius 1 is 1.50 bits per heavy atom. The van der Waals surface area contributed by atoms with E-state index in [-0.39, 0.29) is 5.69 Å². The van der Waals surface area contributed by atoms with Crippen molar-refractivity contribution >= 4 is 5.97 Å². The molecule has 2 aromatic rings. The molecule has 0 aliphatic carbocycles. The van der Waals surface area contributed by atoms with Crippen molar-refractivity contribution in [2.45, 2.75) is 6.92 Å². The number of hydrogen-bond donors (Lipinski definition) is 1. The Balaban J connectivity index is 2.61. The largest absolute Gasteiger partial charge is 0.477 e. The molecule has 5 heteroatoms. The van der Waals surface area contributed by atoms with Gasteiger partial charge in [0.15, 0.2) is 0 Å². The summed E-state index contributed by atoms with van der Waals surface area (Å²) < 4.78 is 1.56. The van der Waals surface area contributed by atoms with Gasteiger partial charge in [-0.05, 0) is 19.1 Å². The van der Waals surface area contributed by atoms with Crippen molar-refractivity contribution in [2.24, 2.45) is 7.05 Å². The van der Waals surface area contributed by atoms with Crippen LogP contribution in [0.15, 0.2) is 24.5 Å². The number of carboxylic acid groups (broad SMARTS) is 1. The van der Waals surface area contributed by atoms with Crippen LogP contribution in [0.25, 0.3) is 11.4 Å². The highest BCUT2D eigenvalue weighted by Gasteiger charge is 2.18. The summed E-state index contributed by atoms with van der Waals surface area (Å²) >= 11 is 0. The molecule has 0 saturated carbocycles. The molecule has 82 valence electrons. The summed E-state index contributed by atoms with van der Waals surface area (Å²) in [5.41, 5.74) is 1.52. The fraction of sp³-hybridized carbons (Fsp3) is 0.182. The first-order valence-electron chi connectivity index (χ1n) is 4.78. The van der Waals surface area contributed by atoms with Crippen molar-refractivity contribution in [1.29, 1.82) is 0 Å². The fourth-order valence-electron chi connectivity index (χ4n) is 1.69. The molecule has 0 aromatic carbocycles. The standard InChI is InChI=1S/C11H11N3O2/c1-7-9(11(15)16)14(2)10(13-7)8-4-3-5-12-6-8/h3-6H,1-2H3,(H,15,16). The number of pyridine rings is 1. The van der Waals surface area contributed by atoms with Gasteiger partial charge in [-0.1, -0.05) is 0 Å². The van der Waals surface area contributed by atoms with Crippen LogP contribution in [-0.4, -0.2) is 25.6 Å². The number of hydrogen-bond acceptors (Lipinski definition) is 3. The first-order valence-corrected chi connectivity index (χ1v) is 4.78. The predicted octanol–water partition coefficient (Wildman–Crippen LogP) is 1.49. The molecule has 0 amide bonds. The van der Waals surface area contributed by atoms with Gasteiger partial charge in [-0.25, -0.2) is 9.78 Å². The summed E-state index contributed by atoms with van der Waals surface area (Å²) in [5.74, 6) is -0.356. The van der Waals surface area contributed by atoms with E-state index >= 15 is 0 Å². The van der Waals surface area contributed by atoms with Crippen LogP contribution in [0, 0.1) is 6.92 Å². The molecular weight excluding hydrogens is 206 g/mol. The minimum atomic E-state index is -0.970. The first kappa shape index (κ1) is 10.4. The van der Waals surface area contributed by atoms with Gasteiger partial charge in [0.05, 0.1) is 5.69 Å². The van der Waals surface area contributed by atoms with E-state index in [1.807, 2.05) is 6.07 Å². The number of carboxylic acids is 1.